The molecule has 1 saturated heterocycles. The summed E-state index contributed by atoms with van der Waals surface area (Å²) in [4.78, 5) is 77.6. The van der Waals surface area contributed by atoms with Crippen LogP contribution in [0.15, 0.2) is 98.8 Å². The minimum atomic E-state index is -1.75. The van der Waals surface area contributed by atoms with Crippen molar-refractivity contribution in [1.82, 2.24) is 28.5 Å². The van der Waals surface area contributed by atoms with Crippen molar-refractivity contribution in [1.29, 1.82) is 0 Å². The Morgan fingerprint density at radius 2 is 1.56 bits per heavy atom. The van der Waals surface area contributed by atoms with Gasteiger partial charge in [0.05, 0.1) is 67.0 Å². The first-order chi connectivity index (χ1) is 30.2. The summed E-state index contributed by atoms with van der Waals surface area (Å²) < 4.78 is 21.3. The normalized spacial score (nSPS) is 20.3. The van der Waals surface area contributed by atoms with Crippen LogP contribution in [0.5, 0.6) is 23.0 Å². The summed E-state index contributed by atoms with van der Waals surface area (Å²) in [6, 6.07) is 18.1. The number of methoxy groups -OCH3 is 3. The molecule has 63 heavy (non-hydrogen) atoms. The number of ether oxygens (including phenoxy) is 3. The molecule has 0 bridgehead atoms. The third-order valence-electron chi connectivity index (χ3n) is 12.4. The molecule has 6 aromatic rings. The molecule has 2 fully saturated rings. The molecule has 2 aromatic heterocycles. The summed E-state index contributed by atoms with van der Waals surface area (Å²) in [7, 11) is 6.06. The molecule has 0 unspecified atom stereocenters. The number of carbonyl (C=O) groups excluding carboxylic acids is 2. The fourth-order valence-corrected chi connectivity index (χ4v) is 10.2. The van der Waals surface area contributed by atoms with E-state index < -0.39 is 52.0 Å². The highest BCUT2D eigenvalue weighted by atomic mass is 35.5. The number of nitrogens with zero attached hydrogens (tertiary/aromatic N) is 6. The maximum absolute atomic E-state index is 15.5. The number of phenols is 1. The van der Waals surface area contributed by atoms with E-state index in [0.29, 0.717) is 44.4 Å². The zero-order valence-corrected chi connectivity index (χ0v) is 36.4. The largest absolute Gasteiger partial charge is 0.508 e. The molecule has 4 heterocycles. The molecule has 19 heteroatoms. The Hall–Kier alpha value is -6.49. The van der Waals surface area contributed by atoms with Gasteiger partial charge in [-0.2, -0.15) is 5.01 Å². The Labute approximate surface area is 373 Å². The molecular formula is C44H38Cl3N7O9. The van der Waals surface area contributed by atoms with Gasteiger partial charge in [0.25, 0.3) is 17.4 Å². The standard InChI is InChI=1S/C44H38Cl3N7O9/c1-50-34-21-37(63-4)36(62-3)20-32(34)48-31(40(50)57)14-15-51-42(59)52-16-13-26-33(54(52)43(51)60)19-28-39(56)53(49-30-11-7-24(46)18-29(30)47)41(58)44(28,22-5-9-25(61-2)10-6-22)38(26)27-17-23(45)8-12-35(27)55/h5-13,17-18,20-21,28,33,38,49,55H,14-16,19H2,1-4H3/t28-,33+,38+,44+/m0/s1. The molecule has 4 atom stereocenters. The SMILES string of the molecule is COc1ccc([C@@]23C(=O)N(Nc4ccc(Cl)cc4Cl)C(=O)[C@@H]2C[C@@H]2C(=CCn4c(=O)n(CCc5nc6cc(OC)c(OC)cc6n(C)c5=O)c(=O)n42)[C@@H]3c2cc(Cl)ccc2O)cc1. The lowest BCUT2D eigenvalue weighted by Gasteiger charge is -2.49. The van der Waals surface area contributed by atoms with Gasteiger partial charge >= 0.3 is 11.4 Å². The number of carbonyl (C=O) groups is 2. The maximum atomic E-state index is 15.5. The van der Waals surface area contributed by atoms with Crippen molar-refractivity contribution < 1.29 is 28.9 Å². The molecule has 0 spiro atoms. The highest BCUT2D eigenvalue weighted by Gasteiger charge is 2.69. The predicted octanol–water partition coefficient (Wildman–Crippen LogP) is 5.61. The number of imide groups is 1. The fourth-order valence-electron chi connectivity index (χ4n) is 9.54. The van der Waals surface area contributed by atoms with Gasteiger partial charge in [-0.05, 0) is 66.1 Å². The van der Waals surface area contributed by atoms with E-state index in [0.717, 1.165) is 9.58 Å². The van der Waals surface area contributed by atoms with E-state index in [1.165, 1.54) is 65.6 Å². The smallest absolute Gasteiger partial charge is 0.347 e. The van der Waals surface area contributed by atoms with Crippen LogP contribution in [0.2, 0.25) is 15.1 Å². The maximum Gasteiger partial charge on any atom is 0.347 e. The van der Waals surface area contributed by atoms with Crippen LogP contribution in [0, 0.1) is 5.92 Å². The van der Waals surface area contributed by atoms with Crippen LogP contribution in [-0.2, 0) is 41.6 Å². The van der Waals surface area contributed by atoms with Crippen molar-refractivity contribution in [2.45, 2.75) is 43.3 Å². The number of aryl methyl sites for hydroxylation is 2. The van der Waals surface area contributed by atoms with Gasteiger partial charge < -0.3 is 23.9 Å². The molecule has 16 nitrogen and oxygen atoms in total. The third kappa shape index (κ3) is 6.41. The number of hydrogen-bond acceptors (Lipinski definition) is 11. The average molecular weight is 915 g/mol. The molecular weight excluding hydrogens is 877 g/mol. The van der Waals surface area contributed by atoms with Crippen LogP contribution < -0.4 is 36.6 Å². The van der Waals surface area contributed by atoms with Gasteiger partial charge in [-0.15, -0.1) is 0 Å². The van der Waals surface area contributed by atoms with E-state index in [1.54, 1.807) is 55.6 Å². The van der Waals surface area contributed by atoms with Crippen LogP contribution in [0.1, 0.15) is 35.2 Å². The molecule has 3 aliphatic rings. The van der Waals surface area contributed by atoms with Gasteiger partial charge in [-0.1, -0.05) is 53.0 Å². The number of hydrogen-bond donors (Lipinski definition) is 2. The van der Waals surface area contributed by atoms with Crippen LogP contribution in [0.3, 0.4) is 0 Å². The average Bonchev–Trinajstić information content (AvgIpc) is 3.65. The monoisotopic (exact) mass is 913 g/mol. The van der Waals surface area contributed by atoms with Crippen molar-refractivity contribution in [3.05, 3.63) is 148 Å². The second kappa shape index (κ2) is 15.7. The van der Waals surface area contributed by atoms with E-state index in [2.05, 4.69) is 10.4 Å². The molecule has 0 radical (unpaired) electrons. The number of aromatic hydroxyl groups is 1. The van der Waals surface area contributed by atoms with Crippen molar-refractivity contribution in [2.24, 2.45) is 13.0 Å². The molecule has 2 aliphatic heterocycles. The van der Waals surface area contributed by atoms with Gasteiger partial charge in [-0.3, -0.25) is 19.8 Å². The fraction of sp³-hybridized carbons (Fsp3) is 0.273. The number of nitrogens with one attached hydrogen (secondary N) is 1. The van der Waals surface area contributed by atoms with E-state index in [-0.39, 0.29) is 58.7 Å². The summed E-state index contributed by atoms with van der Waals surface area (Å²) in [5.41, 5.74) is 1.82. The molecule has 1 saturated carbocycles. The number of rotatable bonds is 10. The zero-order chi connectivity index (χ0) is 44.6. The molecule has 1 aliphatic carbocycles. The molecule has 2 amide bonds. The van der Waals surface area contributed by atoms with Gasteiger partial charge in [0.15, 0.2) is 11.5 Å². The number of anilines is 1. The van der Waals surface area contributed by atoms with Gasteiger partial charge in [0, 0.05) is 53.7 Å². The first-order valence-electron chi connectivity index (χ1n) is 19.7. The molecule has 324 valence electrons. The van der Waals surface area contributed by atoms with Crippen molar-refractivity contribution >= 4 is 63.3 Å². The lowest BCUT2D eigenvalue weighted by Crippen LogP contribution is -2.53. The van der Waals surface area contributed by atoms with Gasteiger partial charge in [0.2, 0.25) is 0 Å². The van der Waals surface area contributed by atoms with E-state index in [1.807, 2.05) is 0 Å². The third-order valence-corrected chi connectivity index (χ3v) is 13.2. The quantitative estimate of drug-likeness (QED) is 0.129. The number of phenolic OH excluding ortho intramolecular Hbond substituents is 1. The second-order valence-electron chi connectivity index (χ2n) is 15.5. The van der Waals surface area contributed by atoms with Crippen molar-refractivity contribution in [3.8, 4) is 23.0 Å². The number of benzene rings is 4. The molecule has 9 rings (SSSR count). The topological polar surface area (TPSA) is 181 Å². The van der Waals surface area contributed by atoms with Gasteiger partial charge in [-0.25, -0.2) is 28.5 Å². The number of halogens is 3. The molecule has 4 aromatic carbocycles. The number of amides is 2. The van der Waals surface area contributed by atoms with Crippen molar-refractivity contribution in [2.75, 3.05) is 26.8 Å². The number of hydrazine groups is 1. The van der Waals surface area contributed by atoms with Gasteiger partial charge in [0.1, 0.15) is 17.2 Å². The Bertz CT molecular complexity index is 3120. The first-order valence-corrected chi connectivity index (χ1v) is 20.8. The van der Waals surface area contributed by atoms with E-state index in [4.69, 9.17) is 49.0 Å². The zero-order valence-electron chi connectivity index (χ0n) is 34.1. The van der Waals surface area contributed by atoms with Crippen LogP contribution in [0.4, 0.5) is 5.69 Å². The Balaban J connectivity index is 1.18. The summed E-state index contributed by atoms with van der Waals surface area (Å²) in [6.07, 6.45) is 1.56. The lowest BCUT2D eigenvalue weighted by molar-refractivity contribution is -0.138. The summed E-state index contributed by atoms with van der Waals surface area (Å²) in [5, 5.41) is 13.3. The predicted molar refractivity (Wildman–Crippen MR) is 234 cm³/mol. The first kappa shape index (κ1) is 41.8. The summed E-state index contributed by atoms with van der Waals surface area (Å²) in [6.45, 7) is -0.307. The Kier molecular flexibility index (Phi) is 10.4. The highest BCUT2D eigenvalue weighted by molar-refractivity contribution is 6.36. The van der Waals surface area contributed by atoms with E-state index >= 15 is 9.59 Å². The number of fused-ring (bicyclic) bond motifs is 5. The van der Waals surface area contributed by atoms with Crippen LogP contribution >= 0.6 is 34.8 Å². The number of allylic oxidation sites excluding steroid dienone is 2. The summed E-state index contributed by atoms with van der Waals surface area (Å²) >= 11 is 19.4. The van der Waals surface area contributed by atoms with Crippen LogP contribution in [-0.4, -0.2) is 66.7 Å². The number of aromatic nitrogens is 5. The van der Waals surface area contributed by atoms with E-state index in [9.17, 15) is 19.5 Å². The molecule has 2 N–H and O–H groups in total. The highest BCUT2D eigenvalue weighted by Crippen LogP contribution is 2.63. The minimum Gasteiger partial charge on any atom is -0.508 e. The minimum absolute atomic E-state index is 0.0792. The van der Waals surface area contributed by atoms with Crippen LogP contribution in [0.25, 0.3) is 11.0 Å². The van der Waals surface area contributed by atoms with Crippen molar-refractivity contribution in [3.63, 3.8) is 0 Å². The summed E-state index contributed by atoms with van der Waals surface area (Å²) in [5.74, 6) is -2.51. The Morgan fingerprint density at radius 1 is 0.857 bits per heavy atom. The lowest BCUT2D eigenvalue weighted by atomic mass is 9.53. The Morgan fingerprint density at radius 3 is 2.25 bits per heavy atom. The second-order valence-corrected chi connectivity index (χ2v) is 16.7.